The van der Waals surface area contributed by atoms with E-state index < -0.39 is 0 Å². The molecule has 0 aromatic heterocycles. The van der Waals surface area contributed by atoms with Crippen molar-refractivity contribution in [2.45, 2.75) is 32.2 Å². The van der Waals surface area contributed by atoms with Crippen LogP contribution in [0.15, 0.2) is 53.4 Å². The normalized spacial score (nSPS) is 18.8. The number of rotatable bonds is 6. The van der Waals surface area contributed by atoms with Crippen LogP contribution in [0.25, 0.3) is 0 Å². The summed E-state index contributed by atoms with van der Waals surface area (Å²) in [6, 6.07) is 5.09. The first-order valence-corrected chi connectivity index (χ1v) is 9.19. The molecule has 6 nitrogen and oxygen atoms in total. The molecule has 1 aromatic carbocycles. The molecule has 0 spiro atoms. The van der Waals surface area contributed by atoms with E-state index in [1.54, 1.807) is 25.5 Å². The average molecular weight is 382 g/mol. The van der Waals surface area contributed by atoms with E-state index in [0.29, 0.717) is 17.6 Å². The number of aryl methyl sites for hydroxylation is 1. The minimum Gasteiger partial charge on any atom is -0.394 e. The van der Waals surface area contributed by atoms with E-state index in [9.17, 15) is 4.39 Å². The highest BCUT2D eigenvalue weighted by Crippen LogP contribution is 2.21. The van der Waals surface area contributed by atoms with Crippen molar-refractivity contribution in [2.75, 3.05) is 7.05 Å². The van der Waals surface area contributed by atoms with Crippen LogP contribution >= 0.6 is 0 Å². The van der Waals surface area contributed by atoms with Gasteiger partial charge in [0.2, 0.25) is 0 Å². The van der Waals surface area contributed by atoms with Crippen molar-refractivity contribution >= 4 is 18.4 Å². The summed E-state index contributed by atoms with van der Waals surface area (Å²) in [4.78, 5) is 0. The molecule has 1 heterocycles. The van der Waals surface area contributed by atoms with Gasteiger partial charge in [0.05, 0.1) is 6.34 Å². The van der Waals surface area contributed by atoms with Crippen LogP contribution in [0.4, 0.5) is 4.39 Å². The van der Waals surface area contributed by atoms with Crippen LogP contribution in [-0.4, -0.2) is 25.4 Å². The maximum Gasteiger partial charge on any atom is 0.128 e. The van der Waals surface area contributed by atoms with E-state index in [0.717, 1.165) is 42.3 Å². The molecule has 6 N–H and O–H groups in total. The van der Waals surface area contributed by atoms with E-state index in [1.165, 1.54) is 12.3 Å². The fraction of sp³-hybridized carbons (Fsp3) is 0.286. The van der Waals surface area contributed by atoms with Crippen molar-refractivity contribution in [1.29, 1.82) is 16.2 Å². The van der Waals surface area contributed by atoms with Gasteiger partial charge >= 0.3 is 0 Å². The highest BCUT2D eigenvalue weighted by molar-refractivity contribution is 5.98. The Hall–Kier alpha value is -3.22. The van der Waals surface area contributed by atoms with Crippen molar-refractivity contribution in [1.82, 2.24) is 16.0 Å². The predicted octanol–water partition coefficient (Wildman–Crippen LogP) is 3.38. The van der Waals surface area contributed by atoms with Gasteiger partial charge in [-0.15, -0.1) is 0 Å². The van der Waals surface area contributed by atoms with Gasteiger partial charge in [-0.2, -0.15) is 0 Å². The Labute approximate surface area is 165 Å². The van der Waals surface area contributed by atoms with Crippen LogP contribution in [0.5, 0.6) is 0 Å². The lowest BCUT2D eigenvalue weighted by atomic mass is 9.98. The first-order valence-electron chi connectivity index (χ1n) is 9.19. The molecule has 0 fully saturated rings. The van der Waals surface area contributed by atoms with Gasteiger partial charge in [0.15, 0.2) is 0 Å². The van der Waals surface area contributed by atoms with Gasteiger partial charge in [0, 0.05) is 44.2 Å². The van der Waals surface area contributed by atoms with E-state index in [2.05, 4.69) is 16.0 Å². The minimum absolute atomic E-state index is 0.195. The zero-order chi connectivity index (χ0) is 20.4. The molecule has 0 aliphatic carbocycles. The van der Waals surface area contributed by atoms with Crippen molar-refractivity contribution in [3.05, 3.63) is 70.3 Å². The minimum atomic E-state index is -0.265. The number of halogens is 1. The van der Waals surface area contributed by atoms with Gasteiger partial charge in [0.1, 0.15) is 11.7 Å². The van der Waals surface area contributed by atoms with Crippen molar-refractivity contribution in [3.8, 4) is 0 Å². The van der Waals surface area contributed by atoms with Crippen LogP contribution in [0, 0.1) is 22.0 Å². The Bertz CT molecular complexity index is 822. The zero-order valence-electron chi connectivity index (χ0n) is 16.0. The molecule has 1 aliphatic rings. The third-order valence-corrected chi connectivity index (χ3v) is 4.51. The maximum atomic E-state index is 14.3. The van der Waals surface area contributed by atoms with Crippen LogP contribution in [0.1, 0.15) is 30.4 Å². The Balaban J connectivity index is 2.41. The van der Waals surface area contributed by atoms with Gasteiger partial charge in [-0.05, 0) is 47.6 Å². The summed E-state index contributed by atoms with van der Waals surface area (Å²) >= 11 is 0. The lowest BCUT2D eigenvalue weighted by Gasteiger charge is -2.14. The lowest BCUT2D eigenvalue weighted by Crippen LogP contribution is -2.25. The molecular formula is C21H27FN6. The third kappa shape index (κ3) is 5.90. The number of hydrogen-bond donors (Lipinski definition) is 6. The predicted molar refractivity (Wildman–Crippen MR) is 113 cm³/mol. The molecule has 1 aliphatic heterocycles. The summed E-state index contributed by atoms with van der Waals surface area (Å²) in [5.41, 5.74) is 3.90. The number of allylic oxidation sites excluding steroid dienone is 3. The molecule has 0 amide bonds. The largest absolute Gasteiger partial charge is 0.394 e. The van der Waals surface area contributed by atoms with E-state index in [-0.39, 0.29) is 18.2 Å². The molecule has 0 saturated heterocycles. The number of fused-ring (bicyclic) bond motifs is 1. The summed E-state index contributed by atoms with van der Waals surface area (Å²) in [6.07, 6.45) is 10.4. The first kappa shape index (κ1) is 21.1. The topological polar surface area (TPSA) is 108 Å². The smallest absolute Gasteiger partial charge is 0.128 e. The van der Waals surface area contributed by atoms with Crippen LogP contribution in [0.3, 0.4) is 0 Å². The second kappa shape index (κ2) is 10.8. The summed E-state index contributed by atoms with van der Waals surface area (Å²) in [5, 5.41) is 32.0. The van der Waals surface area contributed by atoms with Gasteiger partial charge in [-0.3, -0.25) is 10.8 Å². The van der Waals surface area contributed by atoms with Crippen molar-refractivity contribution in [2.24, 2.45) is 0 Å². The Morgan fingerprint density at radius 2 is 2.11 bits per heavy atom. The highest BCUT2D eigenvalue weighted by atomic mass is 19.1. The molecule has 0 radical (unpaired) electrons. The highest BCUT2D eigenvalue weighted by Gasteiger charge is 2.14. The fourth-order valence-corrected chi connectivity index (χ4v) is 3.13. The average Bonchev–Trinajstić information content (AvgIpc) is 2.71. The number of benzene rings is 1. The molecule has 1 aromatic rings. The third-order valence-electron chi connectivity index (χ3n) is 4.51. The molecule has 0 saturated carbocycles. The second-order valence-corrected chi connectivity index (χ2v) is 6.49. The monoisotopic (exact) mass is 382 g/mol. The Morgan fingerprint density at radius 3 is 2.82 bits per heavy atom. The molecule has 28 heavy (non-hydrogen) atoms. The van der Waals surface area contributed by atoms with E-state index in [4.69, 9.17) is 16.2 Å². The summed E-state index contributed by atoms with van der Waals surface area (Å²) in [6.45, 7) is 0.242. The van der Waals surface area contributed by atoms with Gasteiger partial charge in [-0.1, -0.05) is 18.2 Å². The first-order chi connectivity index (χ1) is 13.6. The molecule has 148 valence electrons. The van der Waals surface area contributed by atoms with Crippen LogP contribution < -0.4 is 16.0 Å². The maximum absolute atomic E-state index is 14.3. The molecule has 0 atom stereocenters. The van der Waals surface area contributed by atoms with E-state index >= 15 is 0 Å². The molecular weight excluding hydrogens is 355 g/mol. The standard InChI is InChI=1S/C21H27FN6/c1-26-11-16(10-23)9-18-8-15(12-27-14-24)4-2-5-17-6-3-7-20(22)19(17)13-28-21(18)25/h3,6-8,10-12,14,23,26H,2,4-5,9,13H2,1H3,(H2,24,27)(H2,25,28)/b15-12-,16-11-,18-8-,23-10?. The number of amidine groups is 1. The van der Waals surface area contributed by atoms with Crippen molar-refractivity contribution in [3.63, 3.8) is 0 Å². The molecule has 2 rings (SSSR count). The Morgan fingerprint density at radius 1 is 1.29 bits per heavy atom. The van der Waals surface area contributed by atoms with Crippen molar-refractivity contribution < 1.29 is 4.39 Å². The number of nitrogens with one attached hydrogen (secondary N) is 6. The SMILES string of the molecule is CN/C=C(\C=N)C/C1=C/C(=C\NC=N)CCCc2cccc(F)c2CNC1=N. The molecule has 0 unspecified atom stereocenters. The fourth-order valence-electron chi connectivity index (χ4n) is 3.13. The second-order valence-electron chi connectivity index (χ2n) is 6.49. The van der Waals surface area contributed by atoms with Gasteiger partial charge in [0.25, 0.3) is 0 Å². The quantitative estimate of drug-likeness (QED) is 0.335. The summed E-state index contributed by atoms with van der Waals surface area (Å²) in [7, 11) is 1.76. The Kier molecular flexibility index (Phi) is 8.14. The molecule has 7 heteroatoms. The van der Waals surface area contributed by atoms with Crippen LogP contribution in [-0.2, 0) is 13.0 Å². The molecule has 0 bridgehead atoms. The van der Waals surface area contributed by atoms with E-state index in [1.807, 2.05) is 12.1 Å². The summed E-state index contributed by atoms with van der Waals surface area (Å²) < 4.78 is 14.3. The number of hydrogen-bond acceptors (Lipinski definition) is 4. The van der Waals surface area contributed by atoms with Crippen LogP contribution in [0.2, 0.25) is 0 Å². The van der Waals surface area contributed by atoms with Gasteiger partial charge < -0.3 is 21.4 Å². The lowest BCUT2D eigenvalue weighted by molar-refractivity contribution is 0.600. The zero-order valence-corrected chi connectivity index (χ0v) is 16.0. The van der Waals surface area contributed by atoms with Gasteiger partial charge in [-0.25, -0.2) is 4.39 Å². The summed E-state index contributed by atoms with van der Waals surface area (Å²) in [5.74, 6) is -0.0696.